The highest BCUT2D eigenvalue weighted by Crippen LogP contribution is 2.31. The number of rotatable bonds is 4. The van der Waals surface area contributed by atoms with Crippen LogP contribution in [-0.2, 0) is 4.74 Å². The lowest BCUT2D eigenvalue weighted by molar-refractivity contribution is 0.0601. The smallest absolute Gasteiger partial charge is 0.340 e. The lowest BCUT2D eigenvalue weighted by Crippen LogP contribution is -2.06. The second-order valence-electron chi connectivity index (χ2n) is 3.85. The number of nitrogens with zero attached hydrogens (tertiary/aromatic N) is 4. The van der Waals surface area contributed by atoms with Gasteiger partial charge in [-0.3, -0.25) is 0 Å². The average Bonchev–Trinajstić information content (AvgIpc) is 3.02. The molecule has 0 aliphatic rings. The van der Waals surface area contributed by atoms with Crippen LogP contribution in [-0.4, -0.2) is 33.7 Å². The van der Waals surface area contributed by atoms with Gasteiger partial charge in [0.25, 0.3) is 0 Å². The van der Waals surface area contributed by atoms with Crippen LogP contribution in [0.1, 0.15) is 16.2 Å². The number of carbonyl (C=O) groups is 1. The van der Waals surface area contributed by atoms with Gasteiger partial charge < -0.3 is 10.1 Å². The number of nitrogens with one attached hydrogen (secondary N) is 2. The molecule has 2 aromatic rings. The number of aromatic nitrogens is 4. The summed E-state index contributed by atoms with van der Waals surface area (Å²) in [6.45, 7) is 0. The van der Waals surface area contributed by atoms with Gasteiger partial charge in [-0.1, -0.05) is 15.9 Å². The predicted octanol–water partition coefficient (Wildman–Crippen LogP) is 2.49. The Balaban J connectivity index is 2.41. The Labute approximate surface area is 141 Å². The summed E-state index contributed by atoms with van der Waals surface area (Å²) in [6, 6.07) is 5.30. The van der Waals surface area contributed by atoms with E-state index in [2.05, 4.69) is 57.8 Å². The molecule has 2 rings (SSSR count). The fraction of sp³-hybridized carbons (Fsp3) is 0.0833. The Morgan fingerprint density at radius 3 is 2.86 bits per heavy atom. The van der Waals surface area contributed by atoms with E-state index in [1.54, 1.807) is 12.1 Å². The number of anilines is 1. The molecule has 1 aromatic heterocycles. The van der Waals surface area contributed by atoms with Crippen LogP contribution in [0.25, 0.3) is 5.57 Å². The fourth-order valence-corrected chi connectivity index (χ4v) is 2.90. The summed E-state index contributed by atoms with van der Waals surface area (Å²) in [5.41, 5.74) is 0.899. The number of carbonyl (C=O) groups excluding carboxylic acids is 1. The van der Waals surface area contributed by atoms with Gasteiger partial charge in [-0.15, -0.1) is 10.2 Å². The Kier molecular flexibility index (Phi) is 5.24. The number of aromatic amines is 1. The largest absolute Gasteiger partial charge is 0.465 e. The van der Waals surface area contributed by atoms with Crippen LogP contribution in [0.3, 0.4) is 0 Å². The second kappa shape index (κ2) is 7.15. The van der Waals surface area contributed by atoms with Crippen molar-refractivity contribution in [1.29, 1.82) is 5.26 Å². The van der Waals surface area contributed by atoms with Crippen molar-refractivity contribution in [2.75, 3.05) is 12.4 Å². The summed E-state index contributed by atoms with van der Waals surface area (Å²) in [5, 5.41) is 25.1. The fourth-order valence-electron chi connectivity index (χ4n) is 1.56. The maximum absolute atomic E-state index is 11.9. The monoisotopic (exact) mass is 426 g/mol. The van der Waals surface area contributed by atoms with E-state index in [0.717, 1.165) is 0 Å². The van der Waals surface area contributed by atoms with E-state index in [1.807, 2.05) is 6.07 Å². The van der Waals surface area contributed by atoms with Crippen molar-refractivity contribution >= 4 is 49.1 Å². The van der Waals surface area contributed by atoms with E-state index in [-0.39, 0.29) is 11.4 Å². The Morgan fingerprint density at radius 2 is 2.27 bits per heavy atom. The molecule has 22 heavy (non-hydrogen) atoms. The van der Waals surface area contributed by atoms with Crippen molar-refractivity contribution in [3.63, 3.8) is 0 Å². The van der Waals surface area contributed by atoms with Gasteiger partial charge in [-0.05, 0) is 33.3 Å². The third kappa shape index (κ3) is 3.49. The molecule has 2 N–H and O–H groups in total. The highest BCUT2D eigenvalue weighted by atomic mass is 79.9. The van der Waals surface area contributed by atoms with Gasteiger partial charge in [0.15, 0.2) is 0 Å². The molecular weight excluding hydrogens is 420 g/mol. The Morgan fingerprint density at radius 1 is 1.50 bits per heavy atom. The van der Waals surface area contributed by atoms with E-state index < -0.39 is 5.97 Å². The van der Waals surface area contributed by atoms with Crippen molar-refractivity contribution in [2.24, 2.45) is 0 Å². The second-order valence-corrected chi connectivity index (χ2v) is 5.62. The van der Waals surface area contributed by atoms with Crippen molar-refractivity contribution in [3.8, 4) is 6.07 Å². The van der Waals surface area contributed by atoms with Crippen molar-refractivity contribution in [1.82, 2.24) is 20.6 Å². The van der Waals surface area contributed by atoms with Gasteiger partial charge in [0.2, 0.25) is 5.82 Å². The molecular formula is C12H8Br2N6O2. The molecule has 0 bridgehead atoms. The van der Waals surface area contributed by atoms with Crippen molar-refractivity contribution in [2.45, 2.75) is 0 Å². The zero-order valence-electron chi connectivity index (χ0n) is 11.1. The molecule has 1 heterocycles. The summed E-state index contributed by atoms with van der Waals surface area (Å²) in [7, 11) is 1.29. The molecule has 0 spiro atoms. The molecule has 0 saturated carbocycles. The summed E-state index contributed by atoms with van der Waals surface area (Å²) in [5.74, 6) is -0.376. The minimum absolute atomic E-state index is 0.142. The quantitative estimate of drug-likeness (QED) is 0.568. The SMILES string of the molecule is COC(=O)c1cc(Br)cc(Br)c1NC=C(C#N)c1nn[nH]n1. The number of methoxy groups -OCH3 is 1. The molecule has 0 radical (unpaired) electrons. The third-order valence-corrected chi connectivity index (χ3v) is 3.61. The average molecular weight is 428 g/mol. The summed E-state index contributed by atoms with van der Waals surface area (Å²) in [4.78, 5) is 11.9. The number of tetrazole rings is 1. The highest BCUT2D eigenvalue weighted by Gasteiger charge is 2.16. The molecule has 0 aliphatic carbocycles. The molecule has 1 aromatic carbocycles. The maximum Gasteiger partial charge on any atom is 0.340 e. The number of hydrogen-bond acceptors (Lipinski definition) is 7. The van der Waals surface area contributed by atoms with Gasteiger partial charge >= 0.3 is 5.97 Å². The molecule has 8 nitrogen and oxygen atoms in total. The molecule has 0 saturated heterocycles. The molecule has 0 fully saturated rings. The van der Waals surface area contributed by atoms with Gasteiger partial charge in [-0.25, -0.2) is 4.79 Å². The van der Waals surface area contributed by atoms with Gasteiger partial charge in [0, 0.05) is 15.1 Å². The van der Waals surface area contributed by atoms with Gasteiger partial charge in [-0.2, -0.15) is 10.5 Å². The van der Waals surface area contributed by atoms with E-state index in [0.29, 0.717) is 20.2 Å². The minimum Gasteiger partial charge on any atom is -0.465 e. The molecule has 0 amide bonds. The van der Waals surface area contributed by atoms with E-state index >= 15 is 0 Å². The molecule has 0 aliphatic heterocycles. The topological polar surface area (TPSA) is 117 Å². The summed E-state index contributed by atoms with van der Waals surface area (Å²) >= 11 is 6.66. The van der Waals surface area contributed by atoms with E-state index in [4.69, 9.17) is 10.00 Å². The van der Waals surface area contributed by atoms with Crippen LogP contribution in [0.15, 0.2) is 27.3 Å². The summed E-state index contributed by atoms with van der Waals surface area (Å²) < 4.78 is 6.06. The van der Waals surface area contributed by atoms with Crippen LogP contribution in [0.5, 0.6) is 0 Å². The number of halogens is 2. The normalized spacial score (nSPS) is 10.9. The number of ether oxygens (including phenoxy) is 1. The van der Waals surface area contributed by atoms with E-state index in [1.165, 1.54) is 13.3 Å². The number of allylic oxidation sites excluding steroid dienone is 1. The molecule has 10 heteroatoms. The van der Waals surface area contributed by atoms with Crippen LogP contribution in [0, 0.1) is 11.3 Å². The maximum atomic E-state index is 11.9. The van der Waals surface area contributed by atoms with Crippen LogP contribution >= 0.6 is 31.9 Å². The van der Waals surface area contributed by atoms with E-state index in [9.17, 15) is 4.79 Å². The highest BCUT2D eigenvalue weighted by molar-refractivity contribution is 9.11. The van der Waals surface area contributed by atoms with Gasteiger partial charge in [0.1, 0.15) is 11.6 Å². The minimum atomic E-state index is -0.518. The zero-order valence-corrected chi connectivity index (χ0v) is 14.3. The first-order chi connectivity index (χ1) is 10.6. The lowest BCUT2D eigenvalue weighted by Gasteiger charge is -2.11. The lowest BCUT2D eigenvalue weighted by atomic mass is 10.1. The molecule has 112 valence electrons. The standard InChI is InChI=1S/C12H8Br2N6O2/c1-22-12(21)8-2-7(13)3-9(14)10(8)16-5-6(4-15)11-17-19-20-18-11/h2-3,5,16H,1H3,(H,17,18,19,20). The Bertz CT molecular complexity index is 767. The van der Waals surface area contributed by atoms with Crippen LogP contribution < -0.4 is 5.32 Å². The third-order valence-electron chi connectivity index (χ3n) is 2.53. The van der Waals surface area contributed by atoms with Gasteiger partial charge in [0.05, 0.1) is 18.4 Å². The first kappa shape index (κ1) is 16.1. The number of nitriles is 1. The number of benzene rings is 1. The number of hydrogen-bond donors (Lipinski definition) is 2. The summed E-state index contributed by atoms with van der Waals surface area (Å²) in [6.07, 6.45) is 1.38. The zero-order chi connectivity index (χ0) is 16.1. The number of esters is 1. The first-order valence-corrected chi connectivity index (χ1v) is 7.33. The first-order valence-electron chi connectivity index (χ1n) is 5.74. The molecule has 0 unspecified atom stereocenters. The number of H-pyrrole nitrogens is 1. The predicted molar refractivity (Wildman–Crippen MR) is 84.6 cm³/mol. The Hall–Kier alpha value is -2.25. The van der Waals surface area contributed by atoms with Crippen LogP contribution in [0.4, 0.5) is 5.69 Å². The molecule has 0 atom stereocenters. The van der Waals surface area contributed by atoms with Crippen LogP contribution in [0.2, 0.25) is 0 Å². The van der Waals surface area contributed by atoms with Crippen molar-refractivity contribution in [3.05, 3.63) is 38.7 Å². The van der Waals surface area contributed by atoms with Crippen molar-refractivity contribution < 1.29 is 9.53 Å².